The number of carbonyl (C=O) groups is 2. The van der Waals surface area contributed by atoms with Crippen molar-refractivity contribution in [2.24, 2.45) is 28.7 Å². The predicted octanol–water partition coefficient (Wildman–Crippen LogP) is -0.773. The minimum atomic E-state index is -1.72. The summed E-state index contributed by atoms with van der Waals surface area (Å²) in [5.41, 5.74) is 9.17. The van der Waals surface area contributed by atoms with Gasteiger partial charge in [-0.05, 0) is 37.8 Å². The molecule has 7 nitrogen and oxygen atoms in total. The zero-order chi connectivity index (χ0) is 14.6. The lowest BCUT2D eigenvalue weighted by atomic mass is 9.67. The molecule has 0 heterocycles. The minimum Gasteiger partial charge on any atom is -0.480 e. The van der Waals surface area contributed by atoms with Crippen LogP contribution in [-0.4, -0.2) is 46.5 Å². The van der Waals surface area contributed by atoms with Crippen LogP contribution in [0.4, 0.5) is 0 Å². The molecule has 2 aliphatic carbocycles. The molecule has 0 saturated heterocycles. The topological polar surface area (TPSA) is 147 Å². The summed E-state index contributed by atoms with van der Waals surface area (Å²) >= 11 is 0. The number of aliphatic hydroxyl groups excluding tert-OH is 1. The summed E-state index contributed by atoms with van der Waals surface area (Å²) in [7, 11) is 0. The Hall–Kier alpha value is -1.18. The molecule has 0 aliphatic heterocycles. The van der Waals surface area contributed by atoms with Gasteiger partial charge in [0.2, 0.25) is 0 Å². The monoisotopic (exact) mass is 274 g/mol. The van der Waals surface area contributed by atoms with Gasteiger partial charge in [0.15, 0.2) is 5.41 Å². The third kappa shape index (κ3) is 3.23. The molecule has 2 unspecified atom stereocenters. The van der Waals surface area contributed by atoms with Crippen LogP contribution in [0.1, 0.15) is 25.7 Å². The Morgan fingerprint density at radius 1 is 1.00 bits per heavy atom. The van der Waals surface area contributed by atoms with E-state index in [2.05, 4.69) is 0 Å². The zero-order valence-electron chi connectivity index (χ0n) is 10.8. The number of hydrogen-bond acceptors (Lipinski definition) is 5. The van der Waals surface area contributed by atoms with Gasteiger partial charge in [0.25, 0.3) is 0 Å². The molecule has 2 atom stereocenters. The van der Waals surface area contributed by atoms with E-state index in [0.29, 0.717) is 0 Å². The van der Waals surface area contributed by atoms with Crippen LogP contribution >= 0.6 is 0 Å². The molecule has 0 aromatic carbocycles. The van der Waals surface area contributed by atoms with Crippen molar-refractivity contribution in [3.63, 3.8) is 0 Å². The maximum absolute atomic E-state index is 10.4. The smallest absolute Gasteiger partial charge is 0.321 e. The lowest BCUT2D eigenvalue weighted by Crippen LogP contribution is -2.52. The molecule has 2 fully saturated rings. The first-order valence-electron chi connectivity index (χ1n) is 6.42. The van der Waals surface area contributed by atoms with E-state index in [0.717, 1.165) is 24.9 Å². The normalized spacial score (nSPS) is 28.4. The van der Waals surface area contributed by atoms with Gasteiger partial charge in [-0.25, -0.2) is 0 Å². The maximum atomic E-state index is 10.4. The fourth-order valence-corrected chi connectivity index (χ4v) is 2.44. The molecule has 0 bridgehead atoms. The summed E-state index contributed by atoms with van der Waals surface area (Å²) in [6.45, 7) is 1.67. The summed E-state index contributed by atoms with van der Waals surface area (Å²) in [6.07, 6.45) is 1.47. The molecule has 0 amide bonds. The Labute approximate surface area is 111 Å². The summed E-state index contributed by atoms with van der Waals surface area (Å²) in [5, 5.41) is 25.7. The highest BCUT2D eigenvalue weighted by Crippen LogP contribution is 2.41. The molecule has 0 aromatic heterocycles. The maximum Gasteiger partial charge on any atom is 0.321 e. The van der Waals surface area contributed by atoms with Gasteiger partial charge in [-0.2, -0.15) is 0 Å². The Kier molecular flexibility index (Phi) is 5.28. The van der Waals surface area contributed by atoms with Crippen LogP contribution in [0.25, 0.3) is 0 Å². The molecule has 7 N–H and O–H groups in total. The third-order valence-electron chi connectivity index (χ3n) is 4.17. The van der Waals surface area contributed by atoms with Crippen LogP contribution in [0.2, 0.25) is 0 Å². The van der Waals surface area contributed by atoms with Gasteiger partial charge in [0.05, 0.1) is 6.10 Å². The minimum absolute atomic E-state index is 0.183. The van der Waals surface area contributed by atoms with E-state index >= 15 is 0 Å². The predicted molar refractivity (Wildman–Crippen MR) is 67.3 cm³/mol. The van der Waals surface area contributed by atoms with Gasteiger partial charge in [-0.15, -0.1) is 0 Å². The molecule has 0 spiro atoms. The van der Waals surface area contributed by atoms with Crippen LogP contribution in [0, 0.1) is 17.3 Å². The van der Waals surface area contributed by atoms with Crippen molar-refractivity contribution in [3.8, 4) is 0 Å². The van der Waals surface area contributed by atoms with E-state index in [1.54, 1.807) is 0 Å². The number of hydrogen-bond donors (Lipinski definition) is 5. The van der Waals surface area contributed by atoms with Crippen LogP contribution in [0.5, 0.6) is 0 Å². The highest BCUT2D eigenvalue weighted by Gasteiger charge is 2.56. The molecule has 2 rings (SSSR count). The van der Waals surface area contributed by atoms with Crippen molar-refractivity contribution in [2.45, 2.75) is 31.8 Å². The van der Waals surface area contributed by atoms with Crippen LogP contribution in [-0.2, 0) is 9.59 Å². The fourth-order valence-electron chi connectivity index (χ4n) is 2.44. The lowest BCUT2D eigenvalue weighted by molar-refractivity contribution is -0.180. The molecule has 0 aromatic rings. The van der Waals surface area contributed by atoms with E-state index in [9.17, 15) is 9.59 Å². The van der Waals surface area contributed by atoms with E-state index in [4.69, 9.17) is 26.8 Å². The van der Waals surface area contributed by atoms with Crippen molar-refractivity contribution in [2.75, 3.05) is 13.1 Å². The quantitative estimate of drug-likeness (QED) is 0.423. The SMILES string of the molecule is NCC1CCC1CN.O=C(O)C1(C(=O)O)CC(O)C1. The zero-order valence-corrected chi connectivity index (χ0v) is 10.8. The van der Waals surface area contributed by atoms with Crippen LogP contribution < -0.4 is 11.5 Å². The summed E-state index contributed by atoms with van der Waals surface area (Å²) in [4.78, 5) is 20.8. The second-order valence-corrected chi connectivity index (χ2v) is 5.32. The highest BCUT2D eigenvalue weighted by molar-refractivity contribution is 5.99. The van der Waals surface area contributed by atoms with E-state index in [1.807, 2.05) is 0 Å². The Morgan fingerprint density at radius 2 is 1.37 bits per heavy atom. The first kappa shape index (κ1) is 15.9. The number of nitrogens with two attached hydrogens (primary N) is 2. The van der Waals surface area contributed by atoms with E-state index < -0.39 is 23.5 Å². The number of aliphatic hydroxyl groups is 1. The second-order valence-electron chi connectivity index (χ2n) is 5.32. The molecule has 19 heavy (non-hydrogen) atoms. The van der Waals surface area contributed by atoms with Crippen molar-refractivity contribution in [3.05, 3.63) is 0 Å². The second kappa shape index (κ2) is 6.31. The van der Waals surface area contributed by atoms with Gasteiger partial charge >= 0.3 is 11.9 Å². The van der Waals surface area contributed by atoms with Gasteiger partial charge in [0, 0.05) is 12.8 Å². The fraction of sp³-hybridized carbons (Fsp3) is 0.833. The van der Waals surface area contributed by atoms with Gasteiger partial charge in [0.1, 0.15) is 0 Å². The molecule has 0 radical (unpaired) electrons. The Balaban J connectivity index is 0.000000200. The molecule has 2 saturated carbocycles. The van der Waals surface area contributed by atoms with Crippen molar-refractivity contribution in [1.29, 1.82) is 0 Å². The largest absolute Gasteiger partial charge is 0.480 e. The van der Waals surface area contributed by atoms with E-state index in [-0.39, 0.29) is 12.8 Å². The molecule has 2 aliphatic rings. The third-order valence-corrected chi connectivity index (χ3v) is 4.17. The van der Waals surface area contributed by atoms with Crippen LogP contribution in [0.3, 0.4) is 0 Å². The van der Waals surface area contributed by atoms with Crippen LogP contribution in [0.15, 0.2) is 0 Å². The molecular weight excluding hydrogens is 252 g/mol. The lowest BCUT2D eigenvalue weighted by Gasteiger charge is -2.37. The molecular formula is C12H22N2O5. The van der Waals surface area contributed by atoms with Gasteiger partial charge in [-0.1, -0.05) is 0 Å². The van der Waals surface area contributed by atoms with E-state index in [1.165, 1.54) is 12.8 Å². The number of aliphatic carboxylic acids is 2. The first-order chi connectivity index (χ1) is 8.87. The van der Waals surface area contributed by atoms with Crippen molar-refractivity contribution >= 4 is 11.9 Å². The molecule has 110 valence electrons. The average Bonchev–Trinajstić information content (AvgIpc) is 2.24. The van der Waals surface area contributed by atoms with Gasteiger partial charge < -0.3 is 26.8 Å². The standard InChI is InChI=1S/C6H14N2.C6H8O5/c7-3-5-1-2-6(5)4-8;7-3-1-6(2-3,4(8)9)5(10)11/h5-6H,1-4,7-8H2;3,7H,1-2H2,(H,8,9)(H,10,11). The Morgan fingerprint density at radius 3 is 1.47 bits per heavy atom. The average molecular weight is 274 g/mol. The number of carboxylic acid groups (broad SMARTS) is 2. The number of carboxylic acids is 2. The Bertz CT molecular complexity index is 311. The van der Waals surface area contributed by atoms with Gasteiger partial charge in [-0.3, -0.25) is 9.59 Å². The van der Waals surface area contributed by atoms with Crippen molar-refractivity contribution < 1.29 is 24.9 Å². The first-order valence-corrected chi connectivity index (χ1v) is 6.42. The molecule has 7 heteroatoms. The summed E-state index contributed by atoms with van der Waals surface area (Å²) in [6, 6.07) is 0. The number of rotatable bonds is 4. The highest BCUT2D eigenvalue weighted by atomic mass is 16.4. The summed E-state index contributed by atoms with van der Waals surface area (Å²) < 4.78 is 0. The summed E-state index contributed by atoms with van der Waals surface area (Å²) in [5.74, 6) is -1.23. The van der Waals surface area contributed by atoms with Crippen molar-refractivity contribution in [1.82, 2.24) is 0 Å².